The molecule has 5 rings (SSSR count). The Morgan fingerprint density at radius 1 is 0.544 bits per heavy atom. The number of rotatable bonds is 25. The molecule has 36 heteroatoms. The summed E-state index contributed by atoms with van der Waals surface area (Å²) in [5, 5.41) is 228. The lowest BCUT2D eigenvalue weighted by Gasteiger charge is -2.51. The Balaban J connectivity index is 1.45. The van der Waals surface area contributed by atoms with Crippen LogP contribution in [0.3, 0.4) is 0 Å². The fraction of sp³-hybridized carbons (Fsp3) is 0.930. The van der Waals surface area contributed by atoms with Gasteiger partial charge in [-0.25, -0.2) is 4.79 Å². The van der Waals surface area contributed by atoms with E-state index < -0.39 is 254 Å². The van der Waals surface area contributed by atoms with Crippen LogP contribution in [-0.2, 0) is 61.8 Å². The third kappa shape index (κ3) is 15.1. The summed E-state index contributed by atoms with van der Waals surface area (Å²) in [6.45, 7) is -5.78. The molecule has 0 aromatic heterocycles. The number of carbonyl (C=O) groups is 3. The van der Waals surface area contributed by atoms with Crippen LogP contribution in [0.15, 0.2) is 0 Å². The minimum absolute atomic E-state index is 0.838. The highest BCUT2D eigenvalue weighted by Crippen LogP contribution is 2.39. The Kier molecular flexibility index (Phi) is 24.7. The minimum atomic E-state index is -3.22. The molecule has 460 valence electrons. The maximum atomic E-state index is 13.0. The summed E-state index contributed by atoms with van der Waals surface area (Å²) in [7, 11) is 0. The van der Waals surface area contributed by atoms with E-state index in [1.807, 2.05) is 0 Å². The maximum Gasteiger partial charge on any atom is 0.364 e. The van der Waals surface area contributed by atoms with Crippen LogP contribution in [0.1, 0.15) is 20.3 Å². The first-order valence-corrected chi connectivity index (χ1v) is 24.7. The van der Waals surface area contributed by atoms with E-state index in [1.54, 1.807) is 0 Å². The van der Waals surface area contributed by atoms with Crippen molar-refractivity contribution in [1.29, 1.82) is 0 Å². The standard InChI is InChI=1S/C43H74N2O34/c1-11(52)44-21-13(54)3-43(42(68)69,78-35(21)24(59)15(56)5-47)79-37-26(61)18(8-50)72-41(32(37)67)76-34-19(9-51)73-38(22(28(34)63)45-12(2)53)77-36-27(62)20(10-70-39-30(65)29(64)25(60)17(7-49)71-39)74-40(31(36)66)75-33(16(57)6-48)23(58)14(55)4-46/h13-41,46-51,54-67H,3-10H2,1-2H3,(H,44,52)(H,45,53)(H,68,69)/t13-,14-,15+,16+,17+,18+,19+,20+,21+,22+,23+,24+,25-,26-,27-,28+,29-,30+,31+,32+,33+,34+,35+,36-,37-,38-,39+,40-,41-,43-/m0/s1. The second-order valence-electron chi connectivity index (χ2n) is 19.5. The Morgan fingerprint density at radius 3 is 1.61 bits per heavy atom. The van der Waals surface area contributed by atoms with Gasteiger partial charge in [-0.15, -0.1) is 0 Å². The zero-order valence-corrected chi connectivity index (χ0v) is 42.1. The van der Waals surface area contributed by atoms with Gasteiger partial charge in [-0.05, 0) is 0 Å². The fourth-order valence-electron chi connectivity index (χ4n) is 9.51. The van der Waals surface area contributed by atoms with Gasteiger partial charge in [0, 0.05) is 20.3 Å². The van der Waals surface area contributed by atoms with Crippen LogP contribution in [-0.4, -0.2) is 355 Å². The molecule has 5 aliphatic heterocycles. The van der Waals surface area contributed by atoms with Gasteiger partial charge in [0.05, 0.1) is 58.4 Å². The predicted octanol–water partition coefficient (Wildman–Crippen LogP) is -15.0. The summed E-state index contributed by atoms with van der Waals surface area (Å²) >= 11 is 0. The molecule has 0 saturated carbocycles. The number of ether oxygens (including phenoxy) is 10. The molecule has 0 unspecified atom stereocenters. The van der Waals surface area contributed by atoms with E-state index in [0.29, 0.717) is 0 Å². The van der Waals surface area contributed by atoms with E-state index in [4.69, 9.17) is 47.4 Å². The zero-order valence-electron chi connectivity index (χ0n) is 42.1. The highest BCUT2D eigenvalue weighted by atomic mass is 16.8. The van der Waals surface area contributed by atoms with E-state index in [0.717, 1.165) is 13.8 Å². The van der Waals surface area contributed by atoms with Gasteiger partial charge < -0.3 is 165 Å². The number of carboxylic acid groups (broad SMARTS) is 1. The SMILES string of the molecule is CC(=O)N[C@H]1[C@H](O[C@H]2[C@@H](O)[C@@H](CO[C@@H]3O[C@H](CO)[C@H](O)[C@H](O)[C@H]3O)O[C@@H](O[C@@H]([C@H](O)[C@@H](O)CO)[C@H](O)CO)[C@@H]2O)O[C@H](CO)[C@@H](O[C@@H]2O[C@H](CO)[C@H](O)[C@H](O[C@]3(C(=O)O)C[C@H](O)[C@@H](NC(C)=O)[C@H]([C@H](O)[C@H](O)CO)O3)[C@H]2O)[C@@H]1O. The van der Waals surface area contributed by atoms with Gasteiger partial charge in [-0.2, -0.15) is 0 Å². The lowest BCUT2D eigenvalue weighted by Crippen LogP contribution is -2.71. The molecule has 5 heterocycles. The third-order valence-corrected chi connectivity index (χ3v) is 13.8. The van der Waals surface area contributed by atoms with Gasteiger partial charge in [0.15, 0.2) is 25.2 Å². The van der Waals surface area contributed by atoms with Crippen LogP contribution in [0.2, 0.25) is 0 Å². The van der Waals surface area contributed by atoms with Crippen LogP contribution in [0.25, 0.3) is 0 Å². The number of aliphatic carboxylic acids is 1. The number of carboxylic acids is 1. The van der Waals surface area contributed by atoms with E-state index >= 15 is 0 Å². The van der Waals surface area contributed by atoms with E-state index in [9.17, 15) is 122 Å². The minimum Gasteiger partial charge on any atom is -0.477 e. The third-order valence-electron chi connectivity index (χ3n) is 13.8. The highest BCUT2D eigenvalue weighted by Gasteiger charge is 2.61. The monoisotopic (exact) mass is 1160 g/mol. The van der Waals surface area contributed by atoms with Crippen LogP contribution in [0.4, 0.5) is 0 Å². The van der Waals surface area contributed by atoms with Crippen LogP contribution in [0, 0.1) is 0 Å². The molecule has 0 spiro atoms. The van der Waals surface area contributed by atoms with Crippen molar-refractivity contribution in [3.8, 4) is 0 Å². The highest BCUT2D eigenvalue weighted by molar-refractivity contribution is 5.76. The molecule has 30 atom stereocenters. The van der Waals surface area contributed by atoms with E-state index in [2.05, 4.69) is 10.6 Å². The summed E-state index contributed by atoms with van der Waals surface area (Å²) < 4.78 is 56.8. The number of hydrogen-bond donors (Lipinski definition) is 23. The Morgan fingerprint density at radius 2 is 1.05 bits per heavy atom. The molecule has 0 aromatic rings. The van der Waals surface area contributed by atoms with Crippen molar-refractivity contribution >= 4 is 17.8 Å². The average molecular weight is 1160 g/mol. The summed E-state index contributed by atoms with van der Waals surface area (Å²) in [5.41, 5.74) is 0. The number of hydrogen-bond acceptors (Lipinski definition) is 33. The van der Waals surface area contributed by atoms with Crippen LogP contribution in [0.5, 0.6) is 0 Å². The summed E-state index contributed by atoms with van der Waals surface area (Å²) in [5.74, 6) is -7.12. The molecule has 0 radical (unpaired) electrons. The molecule has 5 fully saturated rings. The molecule has 5 aliphatic rings. The fourth-order valence-corrected chi connectivity index (χ4v) is 9.51. The second kappa shape index (κ2) is 29.1. The largest absolute Gasteiger partial charge is 0.477 e. The number of nitrogens with one attached hydrogen (secondary N) is 2. The Hall–Kier alpha value is -2.79. The first kappa shape index (κ1) is 67.0. The van der Waals surface area contributed by atoms with E-state index in [-0.39, 0.29) is 0 Å². The maximum absolute atomic E-state index is 13.0. The Labute approximate surface area is 446 Å². The molecule has 0 bridgehead atoms. The normalized spacial score (nSPS) is 43.4. The lowest BCUT2D eigenvalue weighted by molar-refractivity contribution is -0.389. The van der Waals surface area contributed by atoms with Crippen molar-refractivity contribution in [2.24, 2.45) is 0 Å². The number of aliphatic hydroxyl groups is 20. The van der Waals surface area contributed by atoms with Gasteiger partial charge in [0.25, 0.3) is 5.79 Å². The van der Waals surface area contributed by atoms with Gasteiger partial charge >= 0.3 is 5.97 Å². The summed E-state index contributed by atoms with van der Waals surface area (Å²) in [6, 6.07) is -3.64. The zero-order chi connectivity index (χ0) is 59.1. The molecule has 36 nitrogen and oxygen atoms in total. The first-order chi connectivity index (χ1) is 37.1. The van der Waals surface area contributed by atoms with Gasteiger partial charge in [0.1, 0.15) is 140 Å². The molecule has 2 amide bonds. The van der Waals surface area contributed by atoms with Crippen molar-refractivity contribution < 1.29 is 169 Å². The topological polar surface area (TPSA) is 592 Å². The van der Waals surface area contributed by atoms with Gasteiger partial charge in [0.2, 0.25) is 11.8 Å². The first-order valence-electron chi connectivity index (χ1n) is 24.7. The molecular weight excluding hydrogens is 1090 g/mol. The van der Waals surface area contributed by atoms with Crippen LogP contribution < -0.4 is 10.6 Å². The quantitative estimate of drug-likeness (QED) is 0.0404. The smallest absolute Gasteiger partial charge is 0.364 e. The number of carbonyl (C=O) groups excluding carboxylic acids is 2. The predicted molar refractivity (Wildman–Crippen MR) is 242 cm³/mol. The van der Waals surface area contributed by atoms with Gasteiger partial charge in [-0.3, -0.25) is 9.59 Å². The van der Waals surface area contributed by atoms with Crippen molar-refractivity contribution in [3.63, 3.8) is 0 Å². The van der Waals surface area contributed by atoms with Crippen molar-refractivity contribution in [1.82, 2.24) is 10.6 Å². The molecule has 0 aromatic carbocycles. The molecule has 79 heavy (non-hydrogen) atoms. The second-order valence-corrected chi connectivity index (χ2v) is 19.5. The Bertz CT molecular complexity index is 1920. The summed E-state index contributed by atoms with van der Waals surface area (Å²) in [4.78, 5) is 37.8. The molecular formula is C43H74N2O34. The van der Waals surface area contributed by atoms with Crippen LogP contribution >= 0.6 is 0 Å². The van der Waals surface area contributed by atoms with Crippen molar-refractivity contribution in [3.05, 3.63) is 0 Å². The number of aliphatic hydroxyl groups excluding tert-OH is 20. The number of amides is 2. The summed E-state index contributed by atoms with van der Waals surface area (Å²) in [6.07, 6.45) is -57.9. The van der Waals surface area contributed by atoms with E-state index in [1.165, 1.54) is 0 Å². The molecule has 5 saturated heterocycles. The average Bonchev–Trinajstić information content (AvgIpc) is 3.41. The lowest BCUT2D eigenvalue weighted by atomic mass is 9.88. The van der Waals surface area contributed by atoms with Gasteiger partial charge in [-0.1, -0.05) is 0 Å². The van der Waals surface area contributed by atoms with Crippen molar-refractivity contribution in [2.45, 2.75) is 204 Å². The van der Waals surface area contributed by atoms with Crippen molar-refractivity contribution in [2.75, 3.05) is 46.2 Å². The molecule has 23 N–H and O–H groups in total. The molecule has 0 aliphatic carbocycles.